The van der Waals surface area contributed by atoms with Gasteiger partial charge in [-0.3, -0.25) is 4.68 Å². The van der Waals surface area contributed by atoms with Gasteiger partial charge in [0.05, 0.1) is 23.6 Å². The van der Waals surface area contributed by atoms with Gasteiger partial charge in [-0.15, -0.1) is 0 Å². The fraction of sp³-hybridized carbons (Fsp3) is 0.417. The standard InChI is InChI=1S/C12H17N3O2/c1-8-12(9(2)15(3)14-8)13-6-10-4-5-11(7-16)17-10/h4-5,13,16H,6-7H2,1-3H3. The van der Waals surface area contributed by atoms with Gasteiger partial charge in [0.25, 0.3) is 0 Å². The first-order chi connectivity index (χ1) is 8.11. The largest absolute Gasteiger partial charge is 0.462 e. The van der Waals surface area contributed by atoms with E-state index >= 15 is 0 Å². The van der Waals surface area contributed by atoms with Crippen LogP contribution in [-0.2, 0) is 20.2 Å². The molecule has 0 radical (unpaired) electrons. The van der Waals surface area contributed by atoms with Crippen molar-refractivity contribution >= 4 is 5.69 Å². The van der Waals surface area contributed by atoms with Crippen LogP contribution in [0.3, 0.4) is 0 Å². The third-order valence-corrected chi connectivity index (χ3v) is 2.82. The maximum Gasteiger partial charge on any atom is 0.129 e. The molecule has 0 saturated carbocycles. The molecule has 0 bridgehead atoms. The maximum absolute atomic E-state index is 8.90. The normalized spacial score (nSPS) is 10.8. The van der Waals surface area contributed by atoms with Gasteiger partial charge in [0.1, 0.15) is 18.1 Å². The number of rotatable bonds is 4. The molecular weight excluding hydrogens is 218 g/mol. The zero-order chi connectivity index (χ0) is 12.4. The van der Waals surface area contributed by atoms with Gasteiger partial charge in [-0.2, -0.15) is 5.10 Å². The highest BCUT2D eigenvalue weighted by Crippen LogP contribution is 2.19. The van der Waals surface area contributed by atoms with Gasteiger partial charge in [-0.25, -0.2) is 0 Å². The number of furan rings is 1. The molecule has 0 unspecified atom stereocenters. The highest BCUT2D eigenvalue weighted by molar-refractivity contribution is 5.51. The number of aryl methyl sites for hydroxylation is 2. The number of hydrogen-bond acceptors (Lipinski definition) is 4. The number of hydrogen-bond donors (Lipinski definition) is 2. The number of nitrogens with zero attached hydrogens (tertiary/aromatic N) is 2. The Balaban J connectivity index is 2.07. The molecule has 2 rings (SSSR count). The molecule has 0 aromatic carbocycles. The van der Waals surface area contributed by atoms with E-state index in [4.69, 9.17) is 9.52 Å². The third-order valence-electron chi connectivity index (χ3n) is 2.82. The van der Waals surface area contributed by atoms with Gasteiger partial charge in [0.15, 0.2) is 0 Å². The van der Waals surface area contributed by atoms with E-state index in [1.54, 1.807) is 6.07 Å². The number of aliphatic hydroxyl groups is 1. The lowest BCUT2D eigenvalue weighted by atomic mass is 10.3. The zero-order valence-electron chi connectivity index (χ0n) is 10.3. The molecule has 0 aliphatic heterocycles. The van der Waals surface area contributed by atoms with Crippen molar-refractivity contribution in [2.24, 2.45) is 7.05 Å². The minimum atomic E-state index is -0.0645. The first kappa shape index (κ1) is 11.7. The Bertz CT molecular complexity index is 514. The summed E-state index contributed by atoms with van der Waals surface area (Å²) in [7, 11) is 1.92. The highest BCUT2D eigenvalue weighted by atomic mass is 16.4. The summed E-state index contributed by atoms with van der Waals surface area (Å²) in [5.74, 6) is 1.39. The zero-order valence-corrected chi connectivity index (χ0v) is 10.3. The van der Waals surface area contributed by atoms with E-state index in [1.807, 2.05) is 31.6 Å². The Kier molecular flexibility index (Phi) is 3.19. The lowest BCUT2D eigenvalue weighted by Gasteiger charge is -2.04. The molecule has 2 aromatic heterocycles. The van der Waals surface area contributed by atoms with Gasteiger partial charge >= 0.3 is 0 Å². The van der Waals surface area contributed by atoms with Crippen molar-refractivity contribution < 1.29 is 9.52 Å². The van der Waals surface area contributed by atoms with E-state index in [-0.39, 0.29) is 6.61 Å². The van der Waals surface area contributed by atoms with E-state index in [2.05, 4.69) is 10.4 Å². The number of anilines is 1. The monoisotopic (exact) mass is 235 g/mol. The molecule has 0 aliphatic rings. The van der Waals surface area contributed by atoms with Crippen LogP contribution in [0.1, 0.15) is 22.9 Å². The van der Waals surface area contributed by atoms with Gasteiger partial charge in [-0.05, 0) is 26.0 Å². The molecule has 0 spiro atoms. The minimum absolute atomic E-state index is 0.0645. The maximum atomic E-state index is 8.90. The Hall–Kier alpha value is -1.75. The van der Waals surface area contributed by atoms with Crippen LogP contribution < -0.4 is 5.32 Å². The summed E-state index contributed by atoms with van der Waals surface area (Å²) < 4.78 is 7.25. The van der Waals surface area contributed by atoms with Crippen molar-refractivity contribution in [1.82, 2.24) is 9.78 Å². The second kappa shape index (κ2) is 4.63. The van der Waals surface area contributed by atoms with Crippen LogP contribution in [0.5, 0.6) is 0 Å². The SMILES string of the molecule is Cc1nn(C)c(C)c1NCc1ccc(CO)o1. The average Bonchev–Trinajstić information content (AvgIpc) is 2.84. The Labute approximate surface area is 100 Å². The molecule has 0 fully saturated rings. The van der Waals surface area contributed by atoms with Gasteiger partial charge < -0.3 is 14.8 Å². The number of aliphatic hydroxyl groups excluding tert-OH is 1. The van der Waals surface area contributed by atoms with Crippen LogP contribution in [0, 0.1) is 13.8 Å². The van der Waals surface area contributed by atoms with Crippen molar-refractivity contribution in [3.05, 3.63) is 35.0 Å². The molecular formula is C12H17N3O2. The van der Waals surface area contributed by atoms with E-state index in [9.17, 15) is 0 Å². The second-order valence-corrected chi connectivity index (χ2v) is 4.05. The molecule has 2 aromatic rings. The van der Waals surface area contributed by atoms with Crippen molar-refractivity contribution in [1.29, 1.82) is 0 Å². The topological polar surface area (TPSA) is 63.2 Å². The summed E-state index contributed by atoms with van der Waals surface area (Å²) in [6.45, 7) is 4.51. The quantitative estimate of drug-likeness (QED) is 0.847. The van der Waals surface area contributed by atoms with E-state index in [0.717, 1.165) is 22.8 Å². The summed E-state index contributed by atoms with van der Waals surface area (Å²) in [5.41, 5.74) is 3.10. The number of aromatic nitrogens is 2. The molecule has 0 aliphatic carbocycles. The van der Waals surface area contributed by atoms with E-state index in [0.29, 0.717) is 12.3 Å². The van der Waals surface area contributed by atoms with Crippen LogP contribution in [0.25, 0.3) is 0 Å². The third kappa shape index (κ3) is 2.34. The molecule has 0 atom stereocenters. The van der Waals surface area contributed by atoms with E-state index in [1.165, 1.54) is 0 Å². The molecule has 17 heavy (non-hydrogen) atoms. The first-order valence-electron chi connectivity index (χ1n) is 5.54. The average molecular weight is 235 g/mol. The summed E-state index contributed by atoms with van der Waals surface area (Å²) in [5, 5.41) is 16.5. The van der Waals surface area contributed by atoms with Gasteiger partial charge in [0, 0.05) is 7.05 Å². The Morgan fingerprint density at radius 1 is 1.35 bits per heavy atom. The van der Waals surface area contributed by atoms with Crippen LogP contribution in [0.4, 0.5) is 5.69 Å². The van der Waals surface area contributed by atoms with Gasteiger partial charge in [0.2, 0.25) is 0 Å². The van der Waals surface area contributed by atoms with Crippen molar-refractivity contribution in [2.75, 3.05) is 5.32 Å². The predicted molar refractivity (Wildman–Crippen MR) is 64.6 cm³/mol. The summed E-state index contributed by atoms with van der Waals surface area (Å²) in [6.07, 6.45) is 0. The van der Waals surface area contributed by atoms with Crippen LogP contribution in [0.2, 0.25) is 0 Å². The summed E-state index contributed by atoms with van der Waals surface area (Å²) in [6, 6.07) is 3.64. The van der Waals surface area contributed by atoms with Crippen LogP contribution >= 0.6 is 0 Å². The molecule has 92 valence electrons. The second-order valence-electron chi connectivity index (χ2n) is 4.05. The lowest BCUT2D eigenvalue weighted by Crippen LogP contribution is -2.00. The fourth-order valence-electron chi connectivity index (χ4n) is 1.81. The molecule has 2 N–H and O–H groups in total. The van der Waals surface area contributed by atoms with Gasteiger partial charge in [-0.1, -0.05) is 0 Å². The Morgan fingerprint density at radius 3 is 2.59 bits per heavy atom. The smallest absolute Gasteiger partial charge is 0.129 e. The summed E-state index contributed by atoms with van der Waals surface area (Å²) >= 11 is 0. The fourth-order valence-corrected chi connectivity index (χ4v) is 1.81. The van der Waals surface area contributed by atoms with E-state index < -0.39 is 0 Å². The molecule has 5 heteroatoms. The Morgan fingerprint density at radius 2 is 2.06 bits per heavy atom. The summed E-state index contributed by atoms with van der Waals surface area (Å²) in [4.78, 5) is 0. The number of nitrogens with one attached hydrogen (secondary N) is 1. The predicted octanol–water partition coefficient (Wildman–Crippen LogP) is 1.73. The minimum Gasteiger partial charge on any atom is -0.462 e. The van der Waals surface area contributed by atoms with Crippen molar-refractivity contribution in [3.8, 4) is 0 Å². The molecule has 0 saturated heterocycles. The lowest BCUT2D eigenvalue weighted by molar-refractivity contribution is 0.244. The first-order valence-corrected chi connectivity index (χ1v) is 5.54. The molecule has 2 heterocycles. The van der Waals surface area contributed by atoms with Crippen molar-refractivity contribution in [2.45, 2.75) is 27.0 Å². The molecule has 0 amide bonds. The molecule has 5 nitrogen and oxygen atoms in total. The van der Waals surface area contributed by atoms with Crippen LogP contribution in [0.15, 0.2) is 16.5 Å². The highest BCUT2D eigenvalue weighted by Gasteiger charge is 2.09. The van der Waals surface area contributed by atoms with Crippen LogP contribution in [-0.4, -0.2) is 14.9 Å². The van der Waals surface area contributed by atoms with Crippen molar-refractivity contribution in [3.63, 3.8) is 0 Å².